The van der Waals surface area contributed by atoms with Crippen LogP contribution in [0.4, 0.5) is 0 Å². The SMILES string of the molecule is O=C(CCc1cccc(Cl)c1)N1CCC(Oc2ccccn2)C1. The largest absolute Gasteiger partial charge is 0.472 e. The molecule has 3 rings (SSSR count). The maximum Gasteiger partial charge on any atom is 0.223 e. The van der Waals surface area contributed by atoms with Crippen molar-refractivity contribution in [1.82, 2.24) is 9.88 Å². The molecular weight excluding hydrogens is 312 g/mol. The van der Waals surface area contributed by atoms with Crippen LogP contribution in [-0.2, 0) is 11.2 Å². The van der Waals surface area contributed by atoms with Gasteiger partial charge in [0.05, 0.1) is 6.54 Å². The number of carbonyl (C=O) groups is 1. The van der Waals surface area contributed by atoms with E-state index < -0.39 is 0 Å². The van der Waals surface area contributed by atoms with E-state index in [1.807, 2.05) is 47.4 Å². The molecule has 23 heavy (non-hydrogen) atoms. The van der Waals surface area contributed by atoms with E-state index in [4.69, 9.17) is 16.3 Å². The van der Waals surface area contributed by atoms with Crippen LogP contribution in [0.2, 0.25) is 5.02 Å². The molecule has 2 aromatic rings. The quantitative estimate of drug-likeness (QED) is 0.844. The van der Waals surface area contributed by atoms with Crippen molar-refractivity contribution in [3.8, 4) is 5.88 Å². The number of nitrogens with zero attached hydrogens (tertiary/aromatic N) is 2. The summed E-state index contributed by atoms with van der Waals surface area (Å²) in [6, 6.07) is 13.2. The van der Waals surface area contributed by atoms with E-state index in [9.17, 15) is 4.79 Å². The molecule has 1 aliphatic heterocycles. The molecule has 1 unspecified atom stereocenters. The van der Waals surface area contributed by atoms with Crippen LogP contribution in [0.1, 0.15) is 18.4 Å². The van der Waals surface area contributed by atoms with Crippen molar-refractivity contribution in [2.24, 2.45) is 0 Å². The van der Waals surface area contributed by atoms with Crippen LogP contribution in [0, 0.1) is 0 Å². The minimum Gasteiger partial charge on any atom is -0.472 e. The fourth-order valence-corrected chi connectivity index (χ4v) is 2.95. The molecule has 0 spiro atoms. The van der Waals surface area contributed by atoms with E-state index in [2.05, 4.69) is 4.98 Å². The molecule has 0 radical (unpaired) electrons. The number of aryl methyl sites for hydroxylation is 1. The summed E-state index contributed by atoms with van der Waals surface area (Å²) < 4.78 is 5.81. The molecule has 0 N–H and O–H groups in total. The average molecular weight is 331 g/mol. The minimum atomic E-state index is 0.0278. The predicted molar refractivity (Wildman–Crippen MR) is 89.6 cm³/mol. The first-order valence-corrected chi connectivity index (χ1v) is 8.18. The third kappa shape index (κ3) is 4.45. The molecule has 5 heteroatoms. The highest BCUT2D eigenvalue weighted by Crippen LogP contribution is 2.18. The van der Waals surface area contributed by atoms with E-state index in [0.717, 1.165) is 18.5 Å². The topological polar surface area (TPSA) is 42.4 Å². The van der Waals surface area contributed by atoms with Crippen LogP contribution in [0.5, 0.6) is 5.88 Å². The normalized spacial score (nSPS) is 17.3. The zero-order valence-corrected chi connectivity index (χ0v) is 13.6. The van der Waals surface area contributed by atoms with Crippen molar-refractivity contribution >= 4 is 17.5 Å². The van der Waals surface area contributed by atoms with Gasteiger partial charge in [0.1, 0.15) is 6.10 Å². The highest BCUT2D eigenvalue weighted by Gasteiger charge is 2.27. The number of benzene rings is 1. The molecule has 1 aromatic carbocycles. The fourth-order valence-electron chi connectivity index (χ4n) is 2.74. The van der Waals surface area contributed by atoms with Crippen molar-refractivity contribution in [3.63, 3.8) is 0 Å². The van der Waals surface area contributed by atoms with E-state index >= 15 is 0 Å². The standard InChI is InChI=1S/C18H19ClN2O2/c19-15-5-3-4-14(12-15)7-8-18(22)21-11-9-16(13-21)23-17-6-1-2-10-20-17/h1-6,10,12,16H,7-9,11,13H2. The van der Waals surface area contributed by atoms with Gasteiger partial charge in [0.25, 0.3) is 0 Å². The smallest absolute Gasteiger partial charge is 0.223 e. The summed E-state index contributed by atoms with van der Waals surface area (Å²) in [7, 11) is 0. The van der Waals surface area contributed by atoms with Gasteiger partial charge < -0.3 is 9.64 Å². The highest BCUT2D eigenvalue weighted by atomic mass is 35.5. The lowest BCUT2D eigenvalue weighted by atomic mass is 10.1. The van der Waals surface area contributed by atoms with Crippen LogP contribution in [0.15, 0.2) is 48.7 Å². The molecular formula is C18H19ClN2O2. The maximum atomic E-state index is 12.3. The lowest BCUT2D eigenvalue weighted by Gasteiger charge is -2.17. The van der Waals surface area contributed by atoms with Gasteiger partial charge in [0.15, 0.2) is 0 Å². The van der Waals surface area contributed by atoms with Crippen LogP contribution < -0.4 is 4.74 Å². The van der Waals surface area contributed by atoms with Crippen LogP contribution in [-0.4, -0.2) is 35.0 Å². The highest BCUT2D eigenvalue weighted by molar-refractivity contribution is 6.30. The second-order valence-electron chi connectivity index (χ2n) is 5.67. The van der Waals surface area contributed by atoms with Gasteiger partial charge in [-0.2, -0.15) is 0 Å². The minimum absolute atomic E-state index is 0.0278. The molecule has 0 saturated carbocycles. The van der Waals surface area contributed by atoms with Crippen molar-refractivity contribution in [1.29, 1.82) is 0 Å². The Morgan fingerprint density at radius 2 is 2.22 bits per heavy atom. The zero-order chi connectivity index (χ0) is 16.1. The lowest BCUT2D eigenvalue weighted by molar-refractivity contribution is -0.130. The molecule has 120 valence electrons. The van der Waals surface area contributed by atoms with Gasteiger partial charge in [0.2, 0.25) is 11.8 Å². The first kappa shape index (κ1) is 15.8. The Morgan fingerprint density at radius 3 is 3.00 bits per heavy atom. The van der Waals surface area contributed by atoms with Gasteiger partial charge in [-0.3, -0.25) is 4.79 Å². The summed E-state index contributed by atoms with van der Waals surface area (Å²) in [5.74, 6) is 0.780. The molecule has 1 atom stereocenters. The summed E-state index contributed by atoms with van der Waals surface area (Å²) in [4.78, 5) is 18.4. The summed E-state index contributed by atoms with van der Waals surface area (Å²) >= 11 is 5.97. The molecule has 4 nitrogen and oxygen atoms in total. The number of amides is 1. The molecule has 0 bridgehead atoms. The molecule has 1 aliphatic rings. The third-order valence-electron chi connectivity index (χ3n) is 3.94. The number of ether oxygens (including phenoxy) is 1. The number of hydrogen-bond donors (Lipinski definition) is 0. The molecule has 1 saturated heterocycles. The molecule has 1 amide bonds. The van der Waals surface area contributed by atoms with Gasteiger partial charge in [-0.15, -0.1) is 0 Å². The number of halogens is 1. The van der Waals surface area contributed by atoms with Crippen molar-refractivity contribution in [3.05, 3.63) is 59.2 Å². The zero-order valence-electron chi connectivity index (χ0n) is 12.8. The molecule has 0 aliphatic carbocycles. The first-order chi connectivity index (χ1) is 11.2. The number of pyridine rings is 1. The number of rotatable bonds is 5. The molecule has 1 fully saturated rings. The van der Waals surface area contributed by atoms with Gasteiger partial charge in [0, 0.05) is 36.7 Å². The average Bonchev–Trinajstić information content (AvgIpc) is 3.02. The Hall–Kier alpha value is -2.07. The van der Waals surface area contributed by atoms with Crippen LogP contribution in [0.3, 0.4) is 0 Å². The van der Waals surface area contributed by atoms with Crippen molar-refractivity contribution in [2.45, 2.75) is 25.4 Å². The Bertz CT molecular complexity index is 663. The van der Waals surface area contributed by atoms with Gasteiger partial charge in [-0.1, -0.05) is 29.8 Å². The van der Waals surface area contributed by atoms with Crippen LogP contribution in [0.25, 0.3) is 0 Å². The summed E-state index contributed by atoms with van der Waals surface area (Å²) in [5, 5.41) is 0.708. The van der Waals surface area contributed by atoms with E-state index in [1.54, 1.807) is 6.20 Å². The Morgan fingerprint density at radius 1 is 1.30 bits per heavy atom. The number of hydrogen-bond acceptors (Lipinski definition) is 3. The van der Waals surface area contributed by atoms with Gasteiger partial charge >= 0.3 is 0 Å². The monoisotopic (exact) mass is 330 g/mol. The second kappa shape index (κ2) is 7.47. The first-order valence-electron chi connectivity index (χ1n) is 7.80. The summed E-state index contributed by atoms with van der Waals surface area (Å²) in [6.07, 6.45) is 3.79. The molecule has 2 heterocycles. The number of likely N-dealkylation sites (tertiary alicyclic amines) is 1. The lowest BCUT2D eigenvalue weighted by Crippen LogP contribution is -2.31. The Kier molecular flexibility index (Phi) is 5.13. The fraction of sp³-hybridized carbons (Fsp3) is 0.333. The molecule has 1 aromatic heterocycles. The van der Waals surface area contributed by atoms with E-state index in [1.165, 1.54) is 0 Å². The van der Waals surface area contributed by atoms with Crippen LogP contribution >= 0.6 is 11.6 Å². The second-order valence-corrected chi connectivity index (χ2v) is 6.10. The summed E-state index contributed by atoms with van der Waals surface area (Å²) in [6.45, 7) is 1.37. The Labute approximate surface area is 141 Å². The Balaban J connectivity index is 1.47. The van der Waals surface area contributed by atoms with Crippen molar-refractivity contribution in [2.75, 3.05) is 13.1 Å². The number of aromatic nitrogens is 1. The van der Waals surface area contributed by atoms with Gasteiger partial charge in [-0.05, 0) is 30.2 Å². The maximum absolute atomic E-state index is 12.3. The van der Waals surface area contributed by atoms with E-state index in [0.29, 0.717) is 30.3 Å². The van der Waals surface area contributed by atoms with Crippen molar-refractivity contribution < 1.29 is 9.53 Å². The predicted octanol–water partition coefficient (Wildman–Crippen LogP) is 3.35. The third-order valence-corrected chi connectivity index (χ3v) is 4.17. The van der Waals surface area contributed by atoms with Gasteiger partial charge in [-0.25, -0.2) is 4.98 Å². The number of carbonyl (C=O) groups excluding carboxylic acids is 1. The summed E-state index contributed by atoms with van der Waals surface area (Å²) in [5.41, 5.74) is 1.09. The van der Waals surface area contributed by atoms with E-state index in [-0.39, 0.29) is 12.0 Å².